The van der Waals surface area contributed by atoms with Crippen LogP contribution in [0.2, 0.25) is 0 Å². The summed E-state index contributed by atoms with van der Waals surface area (Å²) in [5, 5.41) is 10.5. The van der Waals surface area contributed by atoms with Crippen molar-refractivity contribution >= 4 is 17.9 Å². The minimum absolute atomic E-state index is 0.139. The molecule has 0 heterocycles. The Labute approximate surface area is 112 Å². The first-order valence-corrected chi connectivity index (χ1v) is 6.39. The molecule has 0 aromatic carbocycles. The standard InChI is InChI=1S/C13H20N2O4/c1-9-4-3-5-10(8-9)15(2)13(19)14-11(16)6-7-12(17)18/h6-7,9-10H,3-5,8H2,1-2H3,(H,17,18)(H,14,16,19). The third kappa shape index (κ3) is 5.11. The first kappa shape index (κ1) is 15.2. The second kappa shape index (κ2) is 6.92. The number of hydrogen-bond acceptors (Lipinski definition) is 3. The summed E-state index contributed by atoms with van der Waals surface area (Å²) in [6.45, 7) is 2.15. The summed E-state index contributed by atoms with van der Waals surface area (Å²) in [6.07, 6.45) is 5.65. The summed E-state index contributed by atoms with van der Waals surface area (Å²) in [5.41, 5.74) is 0. The lowest BCUT2D eigenvalue weighted by molar-refractivity contribution is -0.131. The van der Waals surface area contributed by atoms with Crippen molar-refractivity contribution < 1.29 is 19.5 Å². The Bertz CT molecular complexity index is 392. The van der Waals surface area contributed by atoms with E-state index in [4.69, 9.17) is 5.11 Å². The van der Waals surface area contributed by atoms with Gasteiger partial charge in [-0.1, -0.05) is 19.8 Å². The first-order valence-electron chi connectivity index (χ1n) is 6.39. The van der Waals surface area contributed by atoms with Crippen LogP contribution in [0.25, 0.3) is 0 Å². The van der Waals surface area contributed by atoms with E-state index in [1.54, 1.807) is 7.05 Å². The number of aliphatic carboxylic acids is 1. The van der Waals surface area contributed by atoms with E-state index in [1.807, 2.05) is 0 Å². The Hall–Kier alpha value is -1.85. The van der Waals surface area contributed by atoms with Crippen molar-refractivity contribution in [2.45, 2.75) is 38.6 Å². The van der Waals surface area contributed by atoms with Gasteiger partial charge in [0, 0.05) is 25.2 Å². The smallest absolute Gasteiger partial charge is 0.328 e. The topological polar surface area (TPSA) is 86.7 Å². The zero-order valence-corrected chi connectivity index (χ0v) is 11.3. The molecule has 1 aliphatic carbocycles. The molecule has 0 aromatic heterocycles. The van der Waals surface area contributed by atoms with Gasteiger partial charge in [-0.2, -0.15) is 0 Å². The molecule has 0 spiro atoms. The van der Waals surface area contributed by atoms with E-state index in [-0.39, 0.29) is 6.04 Å². The SMILES string of the molecule is CC1CCCC(N(C)C(=O)NC(=O)C=CC(=O)O)C1. The Balaban J connectivity index is 2.48. The van der Waals surface area contributed by atoms with Gasteiger partial charge in [-0.25, -0.2) is 9.59 Å². The van der Waals surface area contributed by atoms with Crippen LogP contribution in [0.4, 0.5) is 4.79 Å². The van der Waals surface area contributed by atoms with Crippen molar-refractivity contribution in [1.29, 1.82) is 0 Å². The maximum Gasteiger partial charge on any atom is 0.328 e. The molecule has 3 amide bonds. The average Bonchev–Trinajstić information content (AvgIpc) is 2.35. The van der Waals surface area contributed by atoms with Crippen molar-refractivity contribution in [2.24, 2.45) is 5.92 Å². The number of carbonyl (C=O) groups excluding carboxylic acids is 2. The van der Waals surface area contributed by atoms with Gasteiger partial charge in [-0.05, 0) is 18.8 Å². The third-order valence-electron chi connectivity index (χ3n) is 3.38. The Morgan fingerprint density at radius 2 is 1.95 bits per heavy atom. The highest BCUT2D eigenvalue weighted by atomic mass is 16.4. The van der Waals surface area contributed by atoms with Crippen LogP contribution < -0.4 is 5.32 Å². The number of carbonyl (C=O) groups is 3. The fraction of sp³-hybridized carbons (Fsp3) is 0.615. The molecule has 2 unspecified atom stereocenters. The van der Waals surface area contributed by atoms with Crippen molar-refractivity contribution in [3.63, 3.8) is 0 Å². The second-order valence-corrected chi connectivity index (χ2v) is 5.00. The van der Waals surface area contributed by atoms with Crippen molar-refractivity contribution in [2.75, 3.05) is 7.05 Å². The minimum Gasteiger partial charge on any atom is -0.478 e. The molecular formula is C13H20N2O4. The second-order valence-electron chi connectivity index (χ2n) is 5.00. The van der Waals surface area contributed by atoms with Crippen LogP contribution in [0, 0.1) is 5.92 Å². The van der Waals surface area contributed by atoms with E-state index in [0.29, 0.717) is 12.0 Å². The molecule has 6 heteroatoms. The molecule has 19 heavy (non-hydrogen) atoms. The molecule has 0 aliphatic heterocycles. The molecule has 2 N–H and O–H groups in total. The Morgan fingerprint density at radius 3 is 2.53 bits per heavy atom. The van der Waals surface area contributed by atoms with Crippen LogP contribution in [0.1, 0.15) is 32.6 Å². The molecule has 0 aromatic rings. The number of imide groups is 1. The van der Waals surface area contributed by atoms with Crippen molar-refractivity contribution in [3.05, 3.63) is 12.2 Å². The van der Waals surface area contributed by atoms with Crippen LogP contribution in [0.3, 0.4) is 0 Å². The highest BCUT2D eigenvalue weighted by molar-refractivity contribution is 6.02. The van der Waals surface area contributed by atoms with Gasteiger partial charge in [0.1, 0.15) is 0 Å². The summed E-state index contributed by atoms with van der Waals surface area (Å²) in [5.74, 6) is -1.36. The van der Waals surface area contributed by atoms with Gasteiger partial charge < -0.3 is 10.0 Å². The molecule has 1 fully saturated rings. The van der Waals surface area contributed by atoms with Crippen LogP contribution >= 0.6 is 0 Å². The van der Waals surface area contributed by atoms with E-state index in [9.17, 15) is 14.4 Å². The lowest BCUT2D eigenvalue weighted by atomic mass is 9.86. The van der Waals surface area contributed by atoms with Gasteiger partial charge in [-0.15, -0.1) is 0 Å². The maximum atomic E-state index is 11.8. The monoisotopic (exact) mass is 268 g/mol. The van der Waals surface area contributed by atoms with Gasteiger partial charge in [0.15, 0.2) is 0 Å². The van der Waals surface area contributed by atoms with Gasteiger partial charge in [0.25, 0.3) is 5.91 Å². The Morgan fingerprint density at radius 1 is 1.26 bits per heavy atom. The van der Waals surface area contributed by atoms with Crippen molar-refractivity contribution in [1.82, 2.24) is 10.2 Å². The highest BCUT2D eigenvalue weighted by Crippen LogP contribution is 2.26. The first-order chi connectivity index (χ1) is 8.90. The van der Waals surface area contributed by atoms with E-state index in [0.717, 1.165) is 25.3 Å². The van der Waals surface area contributed by atoms with E-state index in [2.05, 4.69) is 12.2 Å². The normalized spacial score (nSPS) is 23.1. The fourth-order valence-electron chi connectivity index (χ4n) is 2.30. The molecule has 106 valence electrons. The molecule has 2 atom stereocenters. The summed E-state index contributed by atoms with van der Waals surface area (Å²) in [6, 6.07) is -0.348. The minimum atomic E-state index is -1.22. The molecular weight excluding hydrogens is 248 g/mol. The molecule has 0 bridgehead atoms. The number of nitrogens with zero attached hydrogens (tertiary/aromatic N) is 1. The largest absolute Gasteiger partial charge is 0.478 e. The number of nitrogens with one attached hydrogen (secondary N) is 1. The summed E-state index contributed by atoms with van der Waals surface area (Å²) in [4.78, 5) is 34.9. The zero-order valence-electron chi connectivity index (χ0n) is 11.3. The highest BCUT2D eigenvalue weighted by Gasteiger charge is 2.25. The summed E-state index contributed by atoms with van der Waals surface area (Å²) < 4.78 is 0. The molecule has 6 nitrogen and oxygen atoms in total. The fourth-order valence-corrected chi connectivity index (χ4v) is 2.30. The predicted molar refractivity (Wildman–Crippen MR) is 69.5 cm³/mol. The average molecular weight is 268 g/mol. The Kier molecular flexibility index (Phi) is 5.54. The quantitative estimate of drug-likeness (QED) is 0.757. The molecule has 1 saturated carbocycles. The molecule has 0 radical (unpaired) electrons. The number of carboxylic acids is 1. The maximum absolute atomic E-state index is 11.8. The van der Waals surface area contributed by atoms with E-state index >= 15 is 0 Å². The van der Waals surface area contributed by atoms with E-state index < -0.39 is 17.9 Å². The van der Waals surface area contributed by atoms with Gasteiger partial charge >= 0.3 is 12.0 Å². The van der Waals surface area contributed by atoms with Crippen LogP contribution in [0.5, 0.6) is 0 Å². The van der Waals surface area contributed by atoms with E-state index in [1.165, 1.54) is 11.3 Å². The lowest BCUT2D eigenvalue weighted by Gasteiger charge is -2.33. The molecule has 0 saturated heterocycles. The van der Waals surface area contributed by atoms with Crippen LogP contribution in [-0.4, -0.2) is 41.0 Å². The number of carboxylic acid groups (broad SMARTS) is 1. The number of amides is 3. The molecule has 1 aliphatic rings. The number of rotatable bonds is 3. The number of hydrogen-bond donors (Lipinski definition) is 2. The van der Waals surface area contributed by atoms with Gasteiger partial charge in [-0.3, -0.25) is 10.1 Å². The summed E-state index contributed by atoms with van der Waals surface area (Å²) >= 11 is 0. The van der Waals surface area contributed by atoms with Gasteiger partial charge in [0.05, 0.1) is 0 Å². The zero-order chi connectivity index (χ0) is 14.4. The van der Waals surface area contributed by atoms with Crippen LogP contribution in [-0.2, 0) is 9.59 Å². The molecule has 1 rings (SSSR count). The van der Waals surface area contributed by atoms with Gasteiger partial charge in [0.2, 0.25) is 0 Å². The predicted octanol–water partition coefficient (Wildman–Crippen LogP) is 1.37. The lowest BCUT2D eigenvalue weighted by Crippen LogP contribution is -2.46. The van der Waals surface area contributed by atoms with Crippen molar-refractivity contribution in [3.8, 4) is 0 Å². The summed E-state index contributed by atoms with van der Waals surface area (Å²) in [7, 11) is 1.66. The number of urea groups is 1. The third-order valence-corrected chi connectivity index (χ3v) is 3.38. The van der Waals surface area contributed by atoms with Crippen LogP contribution in [0.15, 0.2) is 12.2 Å².